The maximum Gasteiger partial charge on any atom is 0.275 e. The fraction of sp³-hybridized carbons (Fsp3) is 0.0800. The molecule has 4 aromatic carbocycles. The van der Waals surface area contributed by atoms with E-state index in [-0.39, 0.29) is 22.4 Å². The molecule has 0 spiro atoms. The number of benzene rings is 4. The molecule has 1 aliphatic heterocycles. The highest BCUT2D eigenvalue weighted by atomic mass is 35.5. The molecular weight excluding hydrogens is 495 g/mol. The molecule has 5 rings (SSSR count). The van der Waals surface area contributed by atoms with Crippen LogP contribution < -0.4 is 9.64 Å². The fourth-order valence-corrected chi connectivity index (χ4v) is 5.62. The minimum absolute atomic E-state index is 0.0308. The van der Waals surface area contributed by atoms with Gasteiger partial charge in [-0.25, -0.2) is 0 Å². The van der Waals surface area contributed by atoms with E-state index in [0.29, 0.717) is 27.8 Å². The summed E-state index contributed by atoms with van der Waals surface area (Å²) in [7, 11) is 0. The molecule has 0 saturated carbocycles. The van der Waals surface area contributed by atoms with Gasteiger partial charge in [-0.05, 0) is 35.7 Å². The lowest BCUT2D eigenvalue weighted by atomic mass is 10.1. The van der Waals surface area contributed by atoms with Crippen LogP contribution in [-0.2, 0) is 4.79 Å². The van der Waals surface area contributed by atoms with Gasteiger partial charge >= 0.3 is 0 Å². The van der Waals surface area contributed by atoms with E-state index in [1.807, 2.05) is 30.3 Å². The number of nitro benzene ring substituents is 1. The molecule has 6 nitrogen and oxygen atoms in total. The van der Waals surface area contributed by atoms with Crippen molar-refractivity contribution in [1.82, 2.24) is 0 Å². The van der Waals surface area contributed by atoms with Crippen LogP contribution in [0, 0.1) is 10.1 Å². The topological polar surface area (TPSA) is 72.7 Å². The summed E-state index contributed by atoms with van der Waals surface area (Å²) in [5.74, 6) is 0.888. The number of fused-ring (bicyclic) bond motifs is 1. The van der Waals surface area contributed by atoms with Crippen molar-refractivity contribution in [3.05, 3.63) is 105 Å². The number of anilines is 1. The Hall–Kier alpha value is -3.26. The Kier molecular flexibility index (Phi) is 6.08. The van der Waals surface area contributed by atoms with Crippen LogP contribution in [0.2, 0.25) is 10.0 Å². The lowest BCUT2D eigenvalue weighted by Crippen LogP contribution is -2.28. The van der Waals surface area contributed by atoms with Crippen LogP contribution in [-0.4, -0.2) is 16.6 Å². The lowest BCUT2D eigenvalue weighted by molar-refractivity contribution is -0.385. The summed E-state index contributed by atoms with van der Waals surface area (Å²) >= 11 is 14.4. The van der Waals surface area contributed by atoms with Crippen molar-refractivity contribution >= 4 is 63.0 Å². The van der Waals surface area contributed by atoms with Crippen LogP contribution in [0.15, 0.2) is 78.9 Å². The smallest absolute Gasteiger partial charge is 0.275 e. The molecule has 170 valence electrons. The second kappa shape index (κ2) is 9.18. The summed E-state index contributed by atoms with van der Waals surface area (Å²) in [6, 6.07) is 22.8. The zero-order valence-electron chi connectivity index (χ0n) is 17.5. The molecule has 1 aliphatic rings. The van der Waals surface area contributed by atoms with Gasteiger partial charge in [-0.15, -0.1) is 11.8 Å². The average molecular weight is 511 g/mol. The molecule has 1 heterocycles. The van der Waals surface area contributed by atoms with Crippen molar-refractivity contribution in [3.63, 3.8) is 0 Å². The summed E-state index contributed by atoms with van der Waals surface area (Å²) in [4.78, 5) is 25.4. The molecule has 0 aromatic heterocycles. The summed E-state index contributed by atoms with van der Waals surface area (Å²) < 4.78 is 5.99. The molecule has 0 bridgehead atoms. The SMILES string of the molecule is O=C1CSC(c2ccccc2[N+](=O)[O-])N1c1ccc(Oc2ccc3ccccc3c2Cl)c(Cl)c1. The highest BCUT2D eigenvalue weighted by molar-refractivity contribution is 8.00. The fourth-order valence-electron chi connectivity index (χ4n) is 3.93. The average Bonchev–Trinajstić information content (AvgIpc) is 3.23. The monoisotopic (exact) mass is 510 g/mol. The molecule has 0 N–H and O–H groups in total. The van der Waals surface area contributed by atoms with Crippen molar-refractivity contribution in [3.8, 4) is 11.5 Å². The van der Waals surface area contributed by atoms with Gasteiger partial charge in [-0.3, -0.25) is 19.8 Å². The lowest BCUT2D eigenvalue weighted by Gasteiger charge is -2.24. The highest BCUT2D eigenvalue weighted by Gasteiger charge is 2.37. The number of para-hydroxylation sites is 1. The maximum atomic E-state index is 12.7. The van der Waals surface area contributed by atoms with Crippen molar-refractivity contribution in [1.29, 1.82) is 0 Å². The molecule has 1 amide bonds. The first-order valence-electron chi connectivity index (χ1n) is 10.3. The van der Waals surface area contributed by atoms with Gasteiger partial charge in [0.2, 0.25) is 5.91 Å². The Bertz CT molecular complexity index is 1450. The number of hydrogen-bond donors (Lipinski definition) is 0. The van der Waals surface area contributed by atoms with Gasteiger partial charge in [0.25, 0.3) is 5.69 Å². The Morgan fingerprint density at radius 2 is 1.71 bits per heavy atom. The Labute approximate surface area is 209 Å². The van der Waals surface area contributed by atoms with Gasteiger partial charge in [0.05, 0.1) is 26.3 Å². The van der Waals surface area contributed by atoms with E-state index in [1.165, 1.54) is 22.7 Å². The van der Waals surface area contributed by atoms with Crippen LogP contribution in [0.3, 0.4) is 0 Å². The van der Waals surface area contributed by atoms with Gasteiger partial charge in [0.15, 0.2) is 0 Å². The molecule has 34 heavy (non-hydrogen) atoms. The zero-order valence-corrected chi connectivity index (χ0v) is 19.8. The zero-order chi connectivity index (χ0) is 23.8. The third-order valence-corrected chi connectivity index (χ3v) is 7.39. The third kappa shape index (κ3) is 4.07. The molecule has 1 unspecified atom stereocenters. The van der Waals surface area contributed by atoms with Gasteiger partial charge in [-0.1, -0.05) is 65.7 Å². The normalized spacial score (nSPS) is 15.6. The number of carbonyl (C=O) groups is 1. The minimum Gasteiger partial charge on any atom is -0.454 e. The number of ether oxygens (including phenoxy) is 1. The van der Waals surface area contributed by atoms with E-state index >= 15 is 0 Å². The molecule has 9 heteroatoms. The number of hydrogen-bond acceptors (Lipinski definition) is 5. The van der Waals surface area contributed by atoms with Crippen LogP contribution >= 0.6 is 35.0 Å². The molecule has 0 aliphatic carbocycles. The second-order valence-corrected chi connectivity index (χ2v) is 9.41. The largest absolute Gasteiger partial charge is 0.454 e. The quantitative estimate of drug-likeness (QED) is 0.204. The molecule has 1 saturated heterocycles. The standard InChI is InChI=1S/C25H16Cl2N2O4S/c26-19-13-16(28-23(30)14-34-25(28)18-7-3-4-8-20(18)29(31)32)10-12-21(19)33-22-11-9-15-5-1-2-6-17(15)24(22)27/h1-13,25H,14H2. The van der Waals surface area contributed by atoms with Crippen molar-refractivity contribution in [2.24, 2.45) is 0 Å². The first kappa shape index (κ1) is 22.5. The van der Waals surface area contributed by atoms with E-state index in [2.05, 4.69) is 0 Å². The number of halogens is 2. The van der Waals surface area contributed by atoms with Gasteiger partial charge < -0.3 is 4.74 Å². The number of thioether (sulfide) groups is 1. The Morgan fingerprint density at radius 3 is 2.50 bits per heavy atom. The van der Waals surface area contributed by atoms with Crippen molar-refractivity contribution < 1.29 is 14.5 Å². The predicted octanol–water partition coefficient (Wildman–Crippen LogP) is 7.63. The number of amides is 1. The van der Waals surface area contributed by atoms with Crippen LogP contribution in [0.5, 0.6) is 11.5 Å². The van der Waals surface area contributed by atoms with Crippen LogP contribution in [0.1, 0.15) is 10.9 Å². The molecule has 1 fully saturated rings. The van der Waals surface area contributed by atoms with Gasteiger partial charge in [0, 0.05) is 17.1 Å². The predicted molar refractivity (Wildman–Crippen MR) is 136 cm³/mol. The van der Waals surface area contributed by atoms with Crippen LogP contribution in [0.25, 0.3) is 10.8 Å². The summed E-state index contributed by atoms with van der Waals surface area (Å²) in [6.45, 7) is 0. The Balaban J connectivity index is 1.47. The van der Waals surface area contributed by atoms with Crippen molar-refractivity contribution in [2.45, 2.75) is 5.37 Å². The van der Waals surface area contributed by atoms with E-state index < -0.39 is 10.3 Å². The minimum atomic E-state index is -0.535. The number of rotatable bonds is 5. The van der Waals surface area contributed by atoms with Crippen LogP contribution in [0.4, 0.5) is 11.4 Å². The molecular formula is C25H16Cl2N2O4S. The number of nitro groups is 1. The molecule has 0 radical (unpaired) electrons. The summed E-state index contributed by atoms with van der Waals surface area (Å²) in [5, 5.41) is 13.6. The van der Waals surface area contributed by atoms with Gasteiger partial charge in [-0.2, -0.15) is 0 Å². The first-order chi connectivity index (χ1) is 16.4. The van der Waals surface area contributed by atoms with Crippen molar-refractivity contribution in [2.75, 3.05) is 10.7 Å². The van der Waals surface area contributed by atoms with E-state index in [1.54, 1.807) is 42.5 Å². The van der Waals surface area contributed by atoms with E-state index in [0.717, 1.165) is 10.8 Å². The summed E-state index contributed by atoms with van der Waals surface area (Å²) in [6.07, 6.45) is 0. The van der Waals surface area contributed by atoms with Gasteiger partial charge in [0.1, 0.15) is 16.9 Å². The number of carbonyl (C=O) groups excluding carboxylic acids is 1. The first-order valence-corrected chi connectivity index (χ1v) is 12.1. The highest BCUT2D eigenvalue weighted by Crippen LogP contribution is 2.46. The molecule has 1 atom stereocenters. The summed E-state index contributed by atoms with van der Waals surface area (Å²) in [5.41, 5.74) is 0.958. The molecule has 4 aromatic rings. The van der Waals surface area contributed by atoms with E-state index in [4.69, 9.17) is 27.9 Å². The second-order valence-electron chi connectivity index (χ2n) is 7.56. The number of nitrogens with zero attached hydrogens (tertiary/aromatic N) is 2. The third-order valence-electron chi connectivity index (χ3n) is 5.51. The van der Waals surface area contributed by atoms with E-state index in [9.17, 15) is 14.9 Å². The Morgan fingerprint density at radius 1 is 0.971 bits per heavy atom. The maximum absolute atomic E-state index is 12.7.